The molecule has 0 aromatic heterocycles. The van der Waals surface area contributed by atoms with Gasteiger partial charge < -0.3 is 25.2 Å². The highest BCUT2D eigenvalue weighted by Crippen LogP contribution is 2.45. The van der Waals surface area contributed by atoms with Gasteiger partial charge in [0.2, 0.25) is 0 Å². The average Bonchev–Trinajstić information content (AvgIpc) is 2.73. The molecule has 0 spiro atoms. The lowest BCUT2D eigenvalue weighted by atomic mass is 9.62. The first kappa shape index (κ1) is 29.4. The van der Waals surface area contributed by atoms with Crippen LogP contribution >= 0.6 is 0 Å². The number of aliphatic carboxylic acids is 1. The van der Waals surface area contributed by atoms with Crippen molar-refractivity contribution in [3.8, 4) is 11.5 Å². The number of benzene rings is 1. The first-order valence-electron chi connectivity index (χ1n) is 12.4. The number of nitrogens with one attached hydrogen (secondary N) is 2. The lowest BCUT2D eigenvalue weighted by molar-refractivity contribution is -0.141. The molecule has 3 N–H and O–H groups in total. The highest BCUT2D eigenvalue weighted by atomic mass is 16.5. The quantitative estimate of drug-likeness (QED) is 0.248. The molecule has 1 amide bonds. The number of carboxylic acid groups (broad SMARTS) is 1. The second-order valence-corrected chi connectivity index (χ2v) is 11.8. The molecule has 0 bridgehead atoms. The Kier molecular flexibility index (Phi) is 9.34. The number of esters is 1. The summed E-state index contributed by atoms with van der Waals surface area (Å²) in [6, 6.07) is 6.49. The number of carboxylic acids is 1. The molecule has 1 saturated carbocycles. The van der Waals surface area contributed by atoms with Gasteiger partial charge >= 0.3 is 11.9 Å². The van der Waals surface area contributed by atoms with Gasteiger partial charge in [-0.05, 0) is 89.1 Å². The number of ether oxygens (including phenoxy) is 2. The summed E-state index contributed by atoms with van der Waals surface area (Å²) in [5.74, 6) is -1.06. The molecule has 1 aromatic rings. The minimum atomic E-state index is -1.11. The van der Waals surface area contributed by atoms with Crippen molar-refractivity contribution < 1.29 is 29.0 Å². The molecule has 8 nitrogen and oxygen atoms in total. The summed E-state index contributed by atoms with van der Waals surface area (Å²) in [5.41, 5.74) is -0.795. The third-order valence-corrected chi connectivity index (χ3v) is 6.55. The van der Waals surface area contributed by atoms with Crippen molar-refractivity contribution in [2.24, 2.45) is 16.2 Å². The third kappa shape index (κ3) is 8.36. The average molecular weight is 503 g/mol. The summed E-state index contributed by atoms with van der Waals surface area (Å²) in [6.45, 7) is 14.0. The van der Waals surface area contributed by atoms with Crippen LogP contribution in [0.4, 0.5) is 0 Å². The summed E-state index contributed by atoms with van der Waals surface area (Å²) < 4.78 is 11.2. The van der Waals surface area contributed by atoms with Crippen LogP contribution in [0.3, 0.4) is 0 Å². The molecule has 0 heterocycles. The molecule has 0 aliphatic heterocycles. The fourth-order valence-electron chi connectivity index (χ4n) is 5.36. The highest BCUT2D eigenvalue weighted by Gasteiger charge is 2.41. The molecule has 8 heteroatoms. The SMILES string of the molecule is CNCC1(C)CC(NC(=O)C(C)Oc2ccc(OC(=O)C(C)(C)/C=C(\C)C(=O)O)cc2)CC(C)(C)C1. The maximum absolute atomic E-state index is 12.9. The van der Waals surface area contributed by atoms with Crippen molar-refractivity contribution in [1.82, 2.24) is 10.6 Å². The van der Waals surface area contributed by atoms with Crippen LogP contribution in [0, 0.1) is 16.2 Å². The number of carbonyl (C=O) groups is 3. The Balaban J connectivity index is 1.96. The molecule has 1 aliphatic carbocycles. The fraction of sp³-hybridized carbons (Fsp3) is 0.607. The summed E-state index contributed by atoms with van der Waals surface area (Å²) in [7, 11) is 1.96. The molecular formula is C28H42N2O6. The first-order chi connectivity index (χ1) is 16.6. The Morgan fingerprint density at radius 1 is 1.14 bits per heavy atom. The van der Waals surface area contributed by atoms with E-state index < -0.39 is 23.5 Å². The maximum Gasteiger partial charge on any atom is 0.330 e. The van der Waals surface area contributed by atoms with Gasteiger partial charge in [0.25, 0.3) is 5.91 Å². The van der Waals surface area contributed by atoms with Crippen LogP contribution in [0.5, 0.6) is 11.5 Å². The molecule has 36 heavy (non-hydrogen) atoms. The number of rotatable bonds is 10. The van der Waals surface area contributed by atoms with E-state index in [-0.39, 0.29) is 28.4 Å². The van der Waals surface area contributed by atoms with E-state index in [4.69, 9.17) is 14.6 Å². The van der Waals surface area contributed by atoms with Crippen LogP contribution < -0.4 is 20.1 Å². The number of amides is 1. The Bertz CT molecular complexity index is 982. The summed E-state index contributed by atoms with van der Waals surface area (Å²) in [6.07, 6.45) is 3.60. The molecule has 0 saturated heterocycles. The summed E-state index contributed by atoms with van der Waals surface area (Å²) >= 11 is 0. The molecule has 200 valence electrons. The number of hydrogen-bond acceptors (Lipinski definition) is 6. The topological polar surface area (TPSA) is 114 Å². The lowest BCUT2D eigenvalue weighted by Gasteiger charge is -2.47. The van der Waals surface area contributed by atoms with Crippen molar-refractivity contribution in [1.29, 1.82) is 0 Å². The van der Waals surface area contributed by atoms with E-state index in [1.54, 1.807) is 45.0 Å². The van der Waals surface area contributed by atoms with Gasteiger partial charge in [0, 0.05) is 18.2 Å². The van der Waals surface area contributed by atoms with Crippen LogP contribution in [0.1, 0.15) is 67.7 Å². The summed E-state index contributed by atoms with van der Waals surface area (Å²) in [4.78, 5) is 36.5. The van der Waals surface area contributed by atoms with E-state index in [0.29, 0.717) is 11.5 Å². The van der Waals surface area contributed by atoms with Crippen LogP contribution in [-0.4, -0.2) is 48.7 Å². The standard InChI is InChI=1S/C28H42N2O6/c1-18(24(32)33)13-27(5,6)25(34)36-22-11-9-21(10-12-22)35-19(2)23(31)30-20-14-26(3,4)16-28(7,15-20)17-29-8/h9-13,19-20,29H,14-17H2,1-8H3,(H,30,31)(H,32,33)/b18-13+. The molecule has 1 fully saturated rings. The molecule has 0 radical (unpaired) electrons. The zero-order valence-electron chi connectivity index (χ0n) is 22.9. The molecule has 3 atom stereocenters. The Hall–Kier alpha value is -2.87. The molecule has 1 aliphatic rings. The van der Waals surface area contributed by atoms with Gasteiger partial charge in [-0.3, -0.25) is 9.59 Å². The van der Waals surface area contributed by atoms with E-state index in [9.17, 15) is 14.4 Å². The summed E-state index contributed by atoms with van der Waals surface area (Å²) in [5, 5.41) is 15.5. The van der Waals surface area contributed by atoms with Crippen LogP contribution in [0.15, 0.2) is 35.9 Å². The molecule has 3 unspecified atom stereocenters. The van der Waals surface area contributed by atoms with Crippen LogP contribution in [-0.2, 0) is 14.4 Å². The monoisotopic (exact) mass is 502 g/mol. The van der Waals surface area contributed by atoms with Gasteiger partial charge in [-0.15, -0.1) is 0 Å². The predicted octanol–water partition coefficient (Wildman–Crippen LogP) is 4.34. The normalized spacial score (nSPS) is 22.9. The van der Waals surface area contributed by atoms with Crippen molar-refractivity contribution in [2.75, 3.05) is 13.6 Å². The van der Waals surface area contributed by atoms with Gasteiger partial charge in [-0.25, -0.2) is 4.79 Å². The maximum atomic E-state index is 12.9. The van der Waals surface area contributed by atoms with Gasteiger partial charge in [0.05, 0.1) is 5.41 Å². The van der Waals surface area contributed by atoms with Crippen molar-refractivity contribution in [3.05, 3.63) is 35.9 Å². The fourth-order valence-corrected chi connectivity index (χ4v) is 5.36. The van der Waals surface area contributed by atoms with Crippen LogP contribution in [0.25, 0.3) is 0 Å². The van der Waals surface area contributed by atoms with Crippen LogP contribution in [0.2, 0.25) is 0 Å². The Morgan fingerprint density at radius 2 is 1.72 bits per heavy atom. The van der Waals surface area contributed by atoms with E-state index >= 15 is 0 Å². The smallest absolute Gasteiger partial charge is 0.330 e. The van der Waals surface area contributed by atoms with E-state index in [0.717, 1.165) is 25.8 Å². The van der Waals surface area contributed by atoms with Crippen molar-refractivity contribution in [3.63, 3.8) is 0 Å². The zero-order valence-corrected chi connectivity index (χ0v) is 22.9. The zero-order chi connectivity index (χ0) is 27.3. The lowest BCUT2D eigenvalue weighted by Crippen LogP contribution is -2.51. The number of carbonyl (C=O) groups excluding carboxylic acids is 2. The van der Waals surface area contributed by atoms with Crippen molar-refractivity contribution >= 4 is 17.8 Å². The first-order valence-corrected chi connectivity index (χ1v) is 12.4. The molecule has 2 rings (SSSR count). The molecular weight excluding hydrogens is 460 g/mol. The van der Waals surface area contributed by atoms with E-state index in [1.807, 2.05) is 7.05 Å². The Labute approximate surface area is 214 Å². The van der Waals surface area contributed by atoms with Crippen molar-refractivity contribution in [2.45, 2.75) is 79.9 Å². The predicted molar refractivity (Wildman–Crippen MR) is 139 cm³/mol. The number of hydrogen-bond donors (Lipinski definition) is 3. The highest BCUT2D eigenvalue weighted by molar-refractivity contribution is 5.88. The molecule has 1 aromatic carbocycles. The van der Waals surface area contributed by atoms with Gasteiger partial charge in [-0.1, -0.05) is 26.8 Å². The minimum Gasteiger partial charge on any atom is -0.481 e. The van der Waals surface area contributed by atoms with Gasteiger partial charge in [-0.2, -0.15) is 0 Å². The van der Waals surface area contributed by atoms with Gasteiger partial charge in [0.15, 0.2) is 6.10 Å². The second kappa shape index (κ2) is 11.5. The largest absolute Gasteiger partial charge is 0.481 e. The minimum absolute atomic E-state index is 0.0661. The van der Waals surface area contributed by atoms with E-state index in [2.05, 4.69) is 31.4 Å². The van der Waals surface area contributed by atoms with Gasteiger partial charge in [0.1, 0.15) is 11.5 Å². The second-order valence-electron chi connectivity index (χ2n) is 11.8. The third-order valence-electron chi connectivity index (χ3n) is 6.55. The Morgan fingerprint density at radius 3 is 2.28 bits per heavy atom. The van der Waals surface area contributed by atoms with E-state index in [1.165, 1.54) is 13.0 Å².